The molecule has 1 saturated carbocycles. The second-order valence-electron chi connectivity index (χ2n) is 5.80. The van der Waals surface area contributed by atoms with Gasteiger partial charge < -0.3 is 10.0 Å². The SMILES string of the molecule is CN(C)C(=O)c1ccc(Cl)c(-n2ncc(C(=O)O)c2C2CC2)c1. The Morgan fingerprint density at radius 2 is 2.04 bits per heavy atom. The normalized spacial score (nSPS) is 13.9. The number of amides is 1. The van der Waals surface area contributed by atoms with E-state index in [1.165, 1.54) is 11.1 Å². The van der Waals surface area contributed by atoms with Crippen molar-refractivity contribution >= 4 is 23.5 Å². The molecule has 1 aromatic carbocycles. The Balaban J connectivity index is 2.14. The van der Waals surface area contributed by atoms with Gasteiger partial charge in [0, 0.05) is 25.6 Å². The first-order chi connectivity index (χ1) is 10.9. The van der Waals surface area contributed by atoms with Gasteiger partial charge in [0.15, 0.2) is 0 Å². The summed E-state index contributed by atoms with van der Waals surface area (Å²) in [6.07, 6.45) is 3.20. The highest BCUT2D eigenvalue weighted by Gasteiger charge is 2.33. The molecule has 1 N–H and O–H groups in total. The van der Waals surface area contributed by atoms with Gasteiger partial charge in [0.25, 0.3) is 5.91 Å². The zero-order chi connectivity index (χ0) is 16.7. The summed E-state index contributed by atoms with van der Waals surface area (Å²) in [6, 6.07) is 4.92. The number of carbonyl (C=O) groups excluding carboxylic acids is 1. The van der Waals surface area contributed by atoms with Gasteiger partial charge in [0.1, 0.15) is 5.56 Å². The van der Waals surface area contributed by atoms with Gasteiger partial charge in [-0.3, -0.25) is 4.79 Å². The van der Waals surface area contributed by atoms with Crippen molar-refractivity contribution in [3.05, 3.63) is 46.2 Å². The van der Waals surface area contributed by atoms with E-state index in [0.29, 0.717) is 22.0 Å². The zero-order valence-corrected chi connectivity index (χ0v) is 13.5. The predicted molar refractivity (Wildman–Crippen MR) is 85.5 cm³/mol. The molecular formula is C16H16ClN3O3. The molecule has 120 valence electrons. The molecule has 1 aliphatic rings. The van der Waals surface area contributed by atoms with Crippen molar-refractivity contribution in [1.82, 2.24) is 14.7 Å². The maximum absolute atomic E-state index is 12.1. The highest BCUT2D eigenvalue weighted by molar-refractivity contribution is 6.32. The van der Waals surface area contributed by atoms with E-state index >= 15 is 0 Å². The number of carboxylic acids is 1. The summed E-state index contributed by atoms with van der Waals surface area (Å²) in [5.74, 6) is -0.982. The van der Waals surface area contributed by atoms with Crippen molar-refractivity contribution < 1.29 is 14.7 Å². The van der Waals surface area contributed by atoms with Gasteiger partial charge in [-0.1, -0.05) is 11.6 Å². The Kier molecular flexibility index (Phi) is 3.85. The molecule has 0 spiro atoms. The Bertz CT molecular complexity index is 794. The second-order valence-corrected chi connectivity index (χ2v) is 6.21. The van der Waals surface area contributed by atoms with E-state index in [2.05, 4.69) is 5.10 Å². The number of aromatic carboxylic acids is 1. The molecule has 3 rings (SSSR count). The Morgan fingerprint density at radius 3 is 2.61 bits per heavy atom. The number of benzene rings is 1. The minimum Gasteiger partial charge on any atom is -0.478 e. The van der Waals surface area contributed by atoms with Crippen molar-refractivity contribution in [1.29, 1.82) is 0 Å². The van der Waals surface area contributed by atoms with Crippen LogP contribution in [0.5, 0.6) is 0 Å². The quantitative estimate of drug-likeness (QED) is 0.933. The van der Waals surface area contributed by atoms with Gasteiger partial charge in [-0.05, 0) is 31.0 Å². The van der Waals surface area contributed by atoms with Crippen LogP contribution in [0, 0.1) is 0 Å². The van der Waals surface area contributed by atoms with Gasteiger partial charge in [-0.25, -0.2) is 9.48 Å². The third-order valence-corrected chi connectivity index (χ3v) is 4.15. The highest BCUT2D eigenvalue weighted by Crippen LogP contribution is 2.43. The number of aromatic nitrogens is 2. The van der Waals surface area contributed by atoms with Crippen molar-refractivity contribution in [3.8, 4) is 5.69 Å². The summed E-state index contributed by atoms with van der Waals surface area (Å²) >= 11 is 6.27. The molecular weight excluding hydrogens is 318 g/mol. The van der Waals surface area contributed by atoms with Crippen LogP contribution in [-0.4, -0.2) is 45.8 Å². The topological polar surface area (TPSA) is 75.4 Å². The summed E-state index contributed by atoms with van der Waals surface area (Å²) in [5, 5.41) is 14.0. The van der Waals surface area contributed by atoms with Crippen molar-refractivity contribution in [2.24, 2.45) is 0 Å². The highest BCUT2D eigenvalue weighted by atomic mass is 35.5. The van der Waals surface area contributed by atoms with Crippen LogP contribution in [0.4, 0.5) is 0 Å². The summed E-state index contributed by atoms with van der Waals surface area (Å²) in [5.41, 5.74) is 1.83. The molecule has 7 heteroatoms. The maximum atomic E-state index is 12.1. The minimum atomic E-state index is -1.00. The Labute approximate surface area is 138 Å². The van der Waals surface area contributed by atoms with Gasteiger partial charge >= 0.3 is 5.97 Å². The number of hydrogen-bond acceptors (Lipinski definition) is 3. The smallest absolute Gasteiger partial charge is 0.339 e. The molecule has 1 fully saturated rings. The fourth-order valence-corrected chi connectivity index (χ4v) is 2.73. The minimum absolute atomic E-state index is 0.151. The first-order valence-electron chi connectivity index (χ1n) is 7.23. The van der Waals surface area contributed by atoms with E-state index in [9.17, 15) is 14.7 Å². The van der Waals surface area contributed by atoms with Crippen LogP contribution in [0.15, 0.2) is 24.4 Å². The molecule has 1 aliphatic carbocycles. The Hall–Kier alpha value is -2.34. The molecule has 0 unspecified atom stereocenters. The maximum Gasteiger partial charge on any atom is 0.339 e. The fraction of sp³-hybridized carbons (Fsp3) is 0.312. The van der Waals surface area contributed by atoms with E-state index in [4.69, 9.17) is 11.6 Å². The molecule has 23 heavy (non-hydrogen) atoms. The molecule has 1 aromatic heterocycles. The monoisotopic (exact) mass is 333 g/mol. The number of hydrogen-bond donors (Lipinski definition) is 1. The van der Waals surface area contributed by atoms with Gasteiger partial charge in [-0.2, -0.15) is 5.10 Å². The summed E-state index contributed by atoms with van der Waals surface area (Å²) < 4.78 is 1.55. The lowest BCUT2D eigenvalue weighted by atomic mass is 10.1. The largest absolute Gasteiger partial charge is 0.478 e. The molecule has 6 nitrogen and oxygen atoms in total. The van der Waals surface area contributed by atoms with Crippen LogP contribution in [0.1, 0.15) is 45.2 Å². The lowest BCUT2D eigenvalue weighted by molar-refractivity contribution is 0.0695. The van der Waals surface area contributed by atoms with E-state index in [-0.39, 0.29) is 17.4 Å². The number of carbonyl (C=O) groups is 2. The fourth-order valence-electron chi connectivity index (χ4n) is 2.53. The van der Waals surface area contributed by atoms with Crippen molar-refractivity contribution in [2.45, 2.75) is 18.8 Å². The zero-order valence-electron chi connectivity index (χ0n) is 12.8. The van der Waals surface area contributed by atoms with Gasteiger partial charge in [0.2, 0.25) is 0 Å². The van der Waals surface area contributed by atoms with Crippen LogP contribution in [0.3, 0.4) is 0 Å². The van der Waals surface area contributed by atoms with Crippen LogP contribution in [0.2, 0.25) is 5.02 Å². The third-order valence-electron chi connectivity index (χ3n) is 3.83. The molecule has 1 amide bonds. The number of nitrogens with zero attached hydrogens (tertiary/aromatic N) is 3. The molecule has 0 aliphatic heterocycles. The molecule has 0 saturated heterocycles. The summed E-state index contributed by atoms with van der Waals surface area (Å²) in [7, 11) is 3.34. The van der Waals surface area contributed by atoms with Crippen LogP contribution in [0.25, 0.3) is 5.69 Å². The average Bonchev–Trinajstić information content (AvgIpc) is 3.25. The van der Waals surface area contributed by atoms with Crippen LogP contribution < -0.4 is 0 Å². The van der Waals surface area contributed by atoms with E-state index < -0.39 is 5.97 Å². The average molecular weight is 334 g/mol. The van der Waals surface area contributed by atoms with Crippen molar-refractivity contribution in [3.63, 3.8) is 0 Å². The van der Waals surface area contributed by atoms with Crippen LogP contribution >= 0.6 is 11.6 Å². The first kappa shape index (κ1) is 15.6. The van der Waals surface area contributed by atoms with E-state index in [1.807, 2.05) is 0 Å². The van der Waals surface area contributed by atoms with E-state index in [0.717, 1.165) is 12.8 Å². The molecule has 0 atom stereocenters. The summed E-state index contributed by atoms with van der Waals surface area (Å²) in [6.45, 7) is 0. The van der Waals surface area contributed by atoms with Crippen molar-refractivity contribution in [2.75, 3.05) is 14.1 Å². The molecule has 2 aromatic rings. The molecule has 0 radical (unpaired) electrons. The molecule has 1 heterocycles. The van der Waals surface area contributed by atoms with Gasteiger partial charge in [0.05, 0.1) is 22.6 Å². The predicted octanol–water partition coefficient (Wildman–Crippen LogP) is 2.80. The number of rotatable bonds is 4. The lowest BCUT2D eigenvalue weighted by Gasteiger charge is -2.14. The van der Waals surface area contributed by atoms with Crippen LogP contribution in [-0.2, 0) is 0 Å². The standard InChI is InChI=1S/C16H16ClN3O3/c1-19(2)15(21)10-5-6-12(17)13(7-10)20-14(9-3-4-9)11(8-18-20)16(22)23/h5-9H,3-4H2,1-2H3,(H,22,23). The molecule has 0 bridgehead atoms. The van der Waals surface area contributed by atoms with Gasteiger partial charge in [-0.15, -0.1) is 0 Å². The first-order valence-corrected chi connectivity index (χ1v) is 7.60. The number of carboxylic acid groups (broad SMARTS) is 1. The summed E-state index contributed by atoms with van der Waals surface area (Å²) in [4.78, 5) is 25.0. The third kappa shape index (κ3) is 2.82. The lowest BCUT2D eigenvalue weighted by Crippen LogP contribution is -2.22. The second kappa shape index (κ2) is 5.70. The Morgan fingerprint density at radius 1 is 1.35 bits per heavy atom. The van der Waals surface area contributed by atoms with E-state index in [1.54, 1.807) is 37.0 Å². The number of halogens is 1.